The van der Waals surface area contributed by atoms with E-state index in [-0.39, 0.29) is 17.4 Å². The van der Waals surface area contributed by atoms with Crippen LogP contribution in [-0.4, -0.2) is 5.97 Å². The summed E-state index contributed by atoms with van der Waals surface area (Å²) < 4.78 is 64.4. The molecule has 0 spiro atoms. The van der Waals surface area contributed by atoms with Crippen molar-refractivity contribution in [2.45, 2.75) is 109 Å². The average Bonchev–Trinajstić information content (AvgIpc) is 2.93. The summed E-state index contributed by atoms with van der Waals surface area (Å²) in [6.45, 7) is 4.16. The molecule has 2 fully saturated rings. The summed E-state index contributed by atoms with van der Waals surface area (Å²) in [4.78, 5) is 12.7. The molecule has 2 aliphatic rings. The lowest BCUT2D eigenvalue weighted by Gasteiger charge is -2.30. The lowest BCUT2D eigenvalue weighted by Crippen LogP contribution is -2.26. The maximum Gasteiger partial charge on any atom is 0.314 e. The molecule has 0 amide bonds. The predicted octanol–water partition coefficient (Wildman–Crippen LogP) is 9.54. The largest absolute Gasteiger partial charge is 0.423 e. The minimum absolute atomic E-state index is 0.0723. The van der Waals surface area contributed by atoms with E-state index >= 15 is 8.78 Å². The van der Waals surface area contributed by atoms with Crippen LogP contribution in [0.25, 0.3) is 0 Å². The van der Waals surface area contributed by atoms with E-state index in [9.17, 15) is 13.6 Å². The number of halogens is 4. The van der Waals surface area contributed by atoms with E-state index in [1.54, 1.807) is 12.1 Å². The normalized spacial score (nSPS) is 23.8. The Morgan fingerprint density at radius 2 is 1.32 bits per heavy atom. The summed E-state index contributed by atoms with van der Waals surface area (Å²) in [7, 11) is 0. The van der Waals surface area contributed by atoms with E-state index in [0.29, 0.717) is 49.1 Å². The predicted molar refractivity (Wildman–Crippen MR) is 141 cm³/mol. The molecule has 0 unspecified atom stereocenters. The zero-order chi connectivity index (χ0) is 27.2. The number of unbranched alkanes of at least 4 members (excludes halogenated alkanes) is 1. The van der Waals surface area contributed by atoms with Gasteiger partial charge in [0.05, 0.1) is 5.92 Å². The van der Waals surface area contributed by atoms with E-state index in [0.717, 1.165) is 44.9 Å². The minimum Gasteiger partial charge on any atom is -0.423 e. The molecule has 2 aromatic rings. The average molecular weight is 533 g/mol. The van der Waals surface area contributed by atoms with Crippen molar-refractivity contribution in [3.63, 3.8) is 0 Å². The highest BCUT2D eigenvalue weighted by molar-refractivity contribution is 5.75. The Balaban J connectivity index is 1.34. The quantitative estimate of drug-likeness (QED) is 0.183. The van der Waals surface area contributed by atoms with Gasteiger partial charge in [-0.15, -0.1) is 0 Å². The highest BCUT2D eigenvalue weighted by Crippen LogP contribution is 2.42. The summed E-state index contributed by atoms with van der Waals surface area (Å²) in [6.07, 6.45) is 10.2. The monoisotopic (exact) mass is 532 g/mol. The highest BCUT2D eigenvalue weighted by atomic mass is 19.2. The molecule has 2 aliphatic carbocycles. The van der Waals surface area contributed by atoms with Crippen LogP contribution in [0.1, 0.15) is 119 Å². The first-order valence-corrected chi connectivity index (χ1v) is 14.5. The lowest BCUT2D eigenvalue weighted by atomic mass is 9.75. The number of carbonyl (C=O) groups excluding carboxylic acids is 1. The van der Waals surface area contributed by atoms with Crippen molar-refractivity contribution in [1.29, 1.82) is 0 Å². The van der Waals surface area contributed by atoms with Crippen molar-refractivity contribution in [1.82, 2.24) is 0 Å². The van der Waals surface area contributed by atoms with Gasteiger partial charge in [-0.25, -0.2) is 13.2 Å². The zero-order valence-electron chi connectivity index (χ0n) is 22.6. The van der Waals surface area contributed by atoms with Gasteiger partial charge in [-0.3, -0.25) is 4.79 Å². The van der Waals surface area contributed by atoms with Gasteiger partial charge in [0.15, 0.2) is 23.2 Å². The van der Waals surface area contributed by atoms with Crippen LogP contribution in [0.2, 0.25) is 0 Å². The molecule has 6 heteroatoms. The molecule has 0 bridgehead atoms. The van der Waals surface area contributed by atoms with Gasteiger partial charge >= 0.3 is 5.97 Å². The van der Waals surface area contributed by atoms with E-state index in [4.69, 9.17) is 4.74 Å². The fraction of sp³-hybridized carbons (Fsp3) is 0.594. The van der Waals surface area contributed by atoms with Gasteiger partial charge < -0.3 is 4.74 Å². The Kier molecular flexibility index (Phi) is 9.89. The van der Waals surface area contributed by atoms with Gasteiger partial charge in [0, 0.05) is 0 Å². The number of esters is 1. The van der Waals surface area contributed by atoms with Crippen LogP contribution in [0, 0.1) is 35.1 Å². The SMILES string of the molecule is CCCCc1ccc(OC(=O)C2CCC(c3ccc(C4CCC(CCC)CC4)c(F)c3F)CC2)c(F)c1F. The van der Waals surface area contributed by atoms with Crippen molar-refractivity contribution in [3.05, 3.63) is 64.2 Å². The van der Waals surface area contributed by atoms with Crippen LogP contribution in [0.3, 0.4) is 0 Å². The van der Waals surface area contributed by atoms with Crippen molar-refractivity contribution < 1.29 is 27.1 Å². The van der Waals surface area contributed by atoms with Gasteiger partial charge in [-0.2, -0.15) is 4.39 Å². The summed E-state index contributed by atoms with van der Waals surface area (Å²) >= 11 is 0. The molecule has 0 N–H and O–H groups in total. The van der Waals surface area contributed by atoms with Gasteiger partial charge in [0.1, 0.15) is 0 Å². The summed E-state index contributed by atoms with van der Waals surface area (Å²) in [5.74, 6) is -4.50. The molecule has 0 aliphatic heterocycles. The maximum atomic E-state index is 15.2. The molecule has 0 aromatic heterocycles. The minimum atomic E-state index is -1.14. The smallest absolute Gasteiger partial charge is 0.314 e. The Hall–Kier alpha value is -2.37. The molecule has 2 nitrogen and oxygen atoms in total. The van der Waals surface area contributed by atoms with E-state index in [2.05, 4.69) is 6.92 Å². The van der Waals surface area contributed by atoms with Crippen molar-refractivity contribution in [3.8, 4) is 5.75 Å². The molecular formula is C32H40F4O2. The standard InChI is InChI=1S/C32H40F4O2/c1-3-5-7-23-16-19-27(31(36)28(23)33)38-32(37)24-14-12-22(13-15-24)26-18-17-25(29(34)30(26)35)21-10-8-20(6-4-2)9-11-21/h16-22,24H,3-15H2,1-2H3. The number of carbonyl (C=O) groups is 1. The van der Waals surface area contributed by atoms with E-state index in [1.807, 2.05) is 6.92 Å². The molecule has 0 radical (unpaired) electrons. The molecule has 0 atom stereocenters. The zero-order valence-corrected chi connectivity index (χ0v) is 22.6. The third-order valence-electron chi connectivity index (χ3n) is 8.76. The Morgan fingerprint density at radius 1 is 0.737 bits per heavy atom. The fourth-order valence-electron chi connectivity index (χ4n) is 6.42. The van der Waals surface area contributed by atoms with Crippen LogP contribution >= 0.6 is 0 Å². The van der Waals surface area contributed by atoms with Crippen molar-refractivity contribution >= 4 is 5.97 Å². The molecule has 208 valence electrons. The van der Waals surface area contributed by atoms with Crippen molar-refractivity contribution in [2.75, 3.05) is 0 Å². The number of ether oxygens (including phenoxy) is 1. The molecule has 2 saturated carbocycles. The molecule has 38 heavy (non-hydrogen) atoms. The molecule has 4 rings (SSSR count). The third-order valence-corrected chi connectivity index (χ3v) is 8.76. The topological polar surface area (TPSA) is 26.3 Å². The summed E-state index contributed by atoms with van der Waals surface area (Å²) in [5, 5.41) is 0. The summed E-state index contributed by atoms with van der Waals surface area (Å²) in [6, 6.07) is 6.27. The number of benzene rings is 2. The number of rotatable bonds is 9. The Bertz CT molecular complexity index is 1100. The van der Waals surface area contributed by atoms with Gasteiger partial charge in [0.2, 0.25) is 5.82 Å². The Labute approximate surface area is 224 Å². The second-order valence-corrected chi connectivity index (χ2v) is 11.3. The second kappa shape index (κ2) is 13.1. The van der Waals surface area contributed by atoms with E-state index in [1.165, 1.54) is 18.6 Å². The van der Waals surface area contributed by atoms with Crippen LogP contribution in [0.4, 0.5) is 17.6 Å². The van der Waals surface area contributed by atoms with Crippen LogP contribution in [0.15, 0.2) is 24.3 Å². The van der Waals surface area contributed by atoms with E-state index < -0.39 is 40.9 Å². The number of hydrogen-bond donors (Lipinski definition) is 0. The molecule has 0 saturated heterocycles. The second-order valence-electron chi connectivity index (χ2n) is 11.3. The Morgan fingerprint density at radius 3 is 1.87 bits per heavy atom. The lowest BCUT2D eigenvalue weighted by molar-refractivity contribution is -0.140. The van der Waals surface area contributed by atoms with Crippen molar-refractivity contribution in [2.24, 2.45) is 11.8 Å². The first-order chi connectivity index (χ1) is 18.3. The number of hydrogen-bond acceptors (Lipinski definition) is 2. The first kappa shape index (κ1) is 28.6. The molecule has 2 aromatic carbocycles. The van der Waals surface area contributed by atoms with Crippen LogP contribution in [0.5, 0.6) is 5.75 Å². The fourth-order valence-corrected chi connectivity index (χ4v) is 6.42. The first-order valence-electron chi connectivity index (χ1n) is 14.5. The van der Waals surface area contributed by atoms with Gasteiger partial charge in [0.25, 0.3) is 0 Å². The molecular weight excluding hydrogens is 492 g/mol. The summed E-state index contributed by atoms with van der Waals surface area (Å²) in [5.41, 5.74) is 1.14. The van der Waals surface area contributed by atoms with Gasteiger partial charge in [-0.1, -0.05) is 51.3 Å². The highest BCUT2D eigenvalue weighted by Gasteiger charge is 2.32. The number of aryl methyl sites for hydroxylation is 1. The maximum absolute atomic E-state index is 15.2. The van der Waals surface area contributed by atoms with Crippen LogP contribution in [-0.2, 0) is 11.2 Å². The van der Waals surface area contributed by atoms with Crippen LogP contribution < -0.4 is 4.74 Å². The molecule has 0 heterocycles. The van der Waals surface area contributed by atoms with Gasteiger partial charge in [-0.05, 0) is 105 Å². The third kappa shape index (κ3) is 6.43.